The van der Waals surface area contributed by atoms with Crippen molar-refractivity contribution in [3.63, 3.8) is 0 Å². The summed E-state index contributed by atoms with van der Waals surface area (Å²) in [7, 11) is 1.27. The Balaban J connectivity index is 1.81. The van der Waals surface area contributed by atoms with Gasteiger partial charge in [0.05, 0.1) is 13.2 Å². The quantitative estimate of drug-likeness (QED) is 0.767. The van der Waals surface area contributed by atoms with Crippen LogP contribution in [0.5, 0.6) is 0 Å². The molecule has 2 aliphatic heterocycles. The van der Waals surface area contributed by atoms with Gasteiger partial charge in [-0.15, -0.1) is 0 Å². The summed E-state index contributed by atoms with van der Waals surface area (Å²) in [6, 6.07) is 9.42. The first-order valence-electron chi connectivity index (χ1n) is 6.85. The Labute approximate surface area is 122 Å². The summed E-state index contributed by atoms with van der Waals surface area (Å²) in [6.07, 6.45) is -2.49. The smallest absolute Gasteiger partial charge is 0.338 e. The van der Waals surface area contributed by atoms with E-state index in [4.69, 9.17) is 9.47 Å². The topological polar surface area (TPSA) is 65.1 Å². The number of esters is 1. The Bertz CT molecular complexity index is 546. The summed E-state index contributed by atoms with van der Waals surface area (Å²) >= 11 is 0. The van der Waals surface area contributed by atoms with Gasteiger partial charge in [-0.25, -0.2) is 4.79 Å². The SMILES string of the molecule is COC(=O)[C@H]1O[C@@H]2O[C@H]1C(=O)N(Cc1ccccc1)[C@@H]2C. The van der Waals surface area contributed by atoms with Gasteiger partial charge in [-0.05, 0) is 12.5 Å². The highest BCUT2D eigenvalue weighted by atomic mass is 16.7. The number of benzene rings is 1. The highest BCUT2D eigenvalue weighted by molar-refractivity contribution is 5.90. The fourth-order valence-electron chi connectivity index (χ4n) is 2.69. The first-order chi connectivity index (χ1) is 10.1. The number of carbonyl (C=O) groups excluding carboxylic acids is 2. The molecule has 2 saturated heterocycles. The third-order valence-electron chi connectivity index (χ3n) is 3.88. The maximum Gasteiger partial charge on any atom is 0.338 e. The predicted octanol–water partition coefficient (Wildman–Crippen LogP) is 0.700. The van der Waals surface area contributed by atoms with Gasteiger partial charge in [0.2, 0.25) is 0 Å². The molecule has 2 bridgehead atoms. The molecule has 21 heavy (non-hydrogen) atoms. The van der Waals surface area contributed by atoms with Crippen molar-refractivity contribution >= 4 is 11.9 Å². The molecule has 4 atom stereocenters. The molecule has 112 valence electrons. The van der Waals surface area contributed by atoms with Crippen LogP contribution in [0.2, 0.25) is 0 Å². The zero-order valence-electron chi connectivity index (χ0n) is 11.9. The molecule has 1 aromatic carbocycles. The fourth-order valence-corrected chi connectivity index (χ4v) is 2.69. The van der Waals surface area contributed by atoms with Gasteiger partial charge in [0, 0.05) is 6.54 Å². The van der Waals surface area contributed by atoms with Crippen LogP contribution in [-0.4, -0.2) is 48.4 Å². The van der Waals surface area contributed by atoms with Crippen LogP contribution in [0.4, 0.5) is 0 Å². The minimum absolute atomic E-state index is 0.240. The third-order valence-corrected chi connectivity index (χ3v) is 3.88. The number of rotatable bonds is 3. The molecule has 6 heteroatoms. The van der Waals surface area contributed by atoms with E-state index in [1.165, 1.54) is 7.11 Å². The Morgan fingerprint density at radius 1 is 1.29 bits per heavy atom. The molecule has 2 heterocycles. The molecule has 1 amide bonds. The Hall–Kier alpha value is -1.92. The lowest BCUT2D eigenvalue weighted by molar-refractivity contribution is -0.175. The van der Waals surface area contributed by atoms with Gasteiger partial charge in [-0.2, -0.15) is 0 Å². The summed E-state index contributed by atoms with van der Waals surface area (Å²) in [4.78, 5) is 25.9. The number of ether oxygens (including phenoxy) is 3. The van der Waals surface area contributed by atoms with Crippen molar-refractivity contribution in [2.24, 2.45) is 0 Å². The van der Waals surface area contributed by atoms with Crippen molar-refractivity contribution < 1.29 is 23.8 Å². The molecule has 0 N–H and O–H groups in total. The molecule has 6 nitrogen and oxygen atoms in total. The van der Waals surface area contributed by atoms with E-state index >= 15 is 0 Å². The molecule has 1 aromatic rings. The van der Waals surface area contributed by atoms with Gasteiger partial charge >= 0.3 is 5.97 Å². The summed E-state index contributed by atoms with van der Waals surface area (Å²) in [5.41, 5.74) is 1.02. The molecular weight excluding hydrogens is 274 g/mol. The van der Waals surface area contributed by atoms with E-state index in [-0.39, 0.29) is 11.9 Å². The standard InChI is InChI=1S/C15H17NO5/c1-9-15-20-11(12(21-15)14(18)19-2)13(17)16(9)8-10-6-4-3-5-7-10/h3-7,9,11-12,15H,8H2,1-2H3/t9-,11-,12+,15+/m1/s1. The number of hydrogen-bond acceptors (Lipinski definition) is 5. The molecule has 0 aromatic heterocycles. The van der Waals surface area contributed by atoms with Crippen LogP contribution in [-0.2, 0) is 30.3 Å². The minimum atomic E-state index is -0.976. The summed E-state index contributed by atoms with van der Waals surface area (Å²) in [5, 5.41) is 0. The van der Waals surface area contributed by atoms with Crippen molar-refractivity contribution in [3.05, 3.63) is 35.9 Å². The third kappa shape index (κ3) is 2.41. The van der Waals surface area contributed by atoms with Crippen LogP contribution in [0.25, 0.3) is 0 Å². The monoisotopic (exact) mass is 291 g/mol. The molecule has 0 unspecified atom stereocenters. The Kier molecular flexibility index (Phi) is 3.65. The Morgan fingerprint density at radius 2 is 2.00 bits per heavy atom. The van der Waals surface area contributed by atoms with Crippen LogP contribution < -0.4 is 0 Å². The van der Waals surface area contributed by atoms with Crippen molar-refractivity contribution in [2.75, 3.05) is 7.11 Å². The fraction of sp³-hybridized carbons (Fsp3) is 0.467. The number of nitrogens with zero attached hydrogens (tertiary/aromatic N) is 1. The van der Waals surface area contributed by atoms with Gasteiger partial charge in [-0.1, -0.05) is 30.3 Å². The number of carbonyl (C=O) groups is 2. The average Bonchev–Trinajstić information content (AvgIpc) is 2.92. The first kappa shape index (κ1) is 14.0. The van der Waals surface area contributed by atoms with Gasteiger partial charge < -0.3 is 19.1 Å². The average molecular weight is 291 g/mol. The molecule has 2 aliphatic rings. The molecule has 0 saturated carbocycles. The molecule has 0 spiro atoms. The molecular formula is C15H17NO5. The number of amides is 1. The maximum atomic E-state index is 12.5. The molecule has 3 rings (SSSR count). The number of hydrogen-bond donors (Lipinski definition) is 0. The van der Waals surface area contributed by atoms with Crippen molar-refractivity contribution in [1.29, 1.82) is 0 Å². The van der Waals surface area contributed by atoms with E-state index in [2.05, 4.69) is 4.74 Å². The van der Waals surface area contributed by atoms with Crippen LogP contribution in [0.3, 0.4) is 0 Å². The van der Waals surface area contributed by atoms with Crippen LogP contribution in [0.1, 0.15) is 12.5 Å². The highest BCUT2D eigenvalue weighted by Crippen LogP contribution is 2.32. The summed E-state index contributed by atoms with van der Waals surface area (Å²) in [6.45, 7) is 2.32. The summed E-state index contributed by atoms with van der Waals surface area (Å²) in [5.74, 6) is -0.819. The number of fused-ring (bicyclic) bond motifs is 2. The second-order valence-corrected chi connectivity index (χ2v) is 5.20. The van der Waals surface area contributed by atoms with Crippen LogP contribution in [0, 0.1) is 0 Å². The highest BCUT2D eigenvalue weighted by Gasteiger charge is 2.54. The van der Waals surface area contributed by atoms with E-state index in [1.807, 2.05) is 37.3 Å². The van der Waals surface area contributed by atoms with E-state index in [1.54, 1.807) is 4.90 Å². The zero-order chi connectivity index (χ0) is 15.0. The lowest BCUT2D eigenvalue weighted by atomic mass is 10.1. The lowest BCUT2D eigenvalue weighted by Crippen LogP contribution is -2.54. The van der Waals surface area contributed by atoms with Gasteiger partial charge in [0.15, 0.2) is 18.5 Å². The normalized spacial score (nSPS) is 31.3. The zero-order valence-corrected chi connectivity index (χ0v) is 11.9. The van der Waals surface area contributed by atoms with Crippen LogP contribution in [0.15, 0.2) is 30.3 Å². The van der Waals surface area contributed by atoms with Gasteiger partial charge in [0.25, 0.3) is 5.91 Å². The van der Waals surface area contributed by atoms with Crippen molar-refractivity contribution in [3.8, 4) is 0 Å². The number of methoxy groups -OCH3 is 1. The second-order valence-electron chi connectivity index (χ2n) is 5.20. The Morgan fingerprint density at radius 3 is 2.67 bits per heavy atom. The maximum absolute atomic E-state index is 12.5. The van der Waals surface area contributed by atoms with E-state index < -0.39 is 24.5 Å². The van der Waals surface area contributed by atoms with Crippen molar-refractivity contribution in [2.45, 2.75) is 38.0 Å². The summed E-state index contributed by atoms with van der Waals surface area (Å²) < 4.78 is 15.7. The molecule has 0 radical (unpaired) electrons. The molecule has 2 fully saturated rings. The number of morpholine rings is 1. The van der Waals surface area contributed by atoms with E-state index in [9.17, 15) is 9.59 Å². The largest absolute Gasteiger partial charge is 0.467 e. The first-order valence-corrected chi connectivity index (χ1v) is 6.85. The van der Waals surface area contributed by atoms with Crippen molar-refractivity contribution in [1.82, 2.24) is 4.90 Å². The van der Waals surface area contributed by atoms with E-state index in [0.29, 0.717) is 6.54 Å². The van der Waals surface area contributed by atoms with Gasteiger partial charge in [0.1, 0.15) is 0 Å². The van der Waals surface area contributed by atoms with Crippen LogP contribution >= 0.6 is 0 Å². The van der Waals surface area contributed by atoms with E-state index in [0.717, 1.165) is 5.56 Å². The molecule has 0 aliphatic carbocycles. The minimum Gasteiger partial charge on any atom is -0.467 e. The second kappa shape index (κ2) is 5.46. The lowest BCUT2D eigenvalue weighted by Gasteiger charge is -2.36. The predicted molar refractivity (Wildman–Crippen MR) is 72.0 cm³/mol. The van der Waals surface area contributed by atoms with Gasteiger partial charge in [-0.3, -0.25) is 4.79 Å².